The molecule has 13 heavy (non-hydrogen) atoms. The van der Waals surface area contributed by atoms with E-state index in [0.29, 0.717) is 6.10 Å². The summed E-state index contributed by atoms with van der Waals surface area (Å²) in [5.74, 6) is 0. The summed E-state index contributed by atoms with van der Waals surface area (Å²) >= 11 is 0. The van der Waals surface area contributed by atoms with Gasteiger partial charge in [0, 0.05) is 0 Å². The van der Waals surface area contributed by atoms with Gasteiger partial charge in [-0.05, 0) is 31.6 Å². The van der Waals surface area contributed by atoms with Gasteiger partial charge in [0.2, 0.25) is 0 Å². The third kappa shape index (κ3) is 3.28. The molecule has 2 atom stereocenters. The fraction of sp³-hybridized carbons (Fsp3) is 0.909. The maximum absolute atomic E-state index is 5.84. The molecule has 1 aliphatic rings. The number of hydrogen-bond acceptors (Lipinski definition) is 2. The Kier molecular flexibility index (Phi) is 3.74. The lowest BCUT2D eigenvalue weighted by Crippen LogP contribution is -2.37. The van der Waals surface area contributed by atoms with Crippen LogP contribution in [-0.4, -0.2) is 12.4 Å². The highest BCUT2D eigenvalue weighted by Crippen LogP contribution is 2.32. The second-order valence-corrected chi connectivity index (χ2v) is 4.72. The predicted octanol–water partition coefficient (Wildman–Crippen LogP) is 3.13. The highest BCUT2D eigenvalue weighted by Gasteiger charge is 2.31. The van der Waals surface area contributed by atoms with Crippen LogP contribution in [0.4, 0.5) is 0 Å². The summed E-state index contributed by atoms with van der Waals surface area (Å²) in [5, 5.41) is 0. The topological polar surface area (TPSA) is 18.5 Å². The van der Waals surface area contributed by atoms with Crippen LogP contribution in [0.5, 0.6) is 0 Å². The van der Waals surface area contributed by atoms with E-state index in [2.05, 4.69) is 20.8 Å². The molecule has 1 aliphatic heterocycles. The second-order valence-electron chi connectivity index (χ2n) is 4.72. The quantitative estimate of drug-likeness (QED) is 0.658. The van der Waals surface area contributed by atoms with E-state index in [1.807, 2.05) is 6.92 Å². The van der Waals surface area contributed by atoms with Gasteiger partial charge < -0.3 is 9.47 Å². The van der Waals surface area contributed by atoms with Gasteiger partial charge in [-0.25, -0.2) is 0 Å². The summed E-state index contributed by atoms with van der Waals surface area (Å²) in [5.41, 5.74) is 0.232. The van der Waals surface area contributed by atoms with Crippen LogP contribution in [0, 0.1) is 12.0 Å². The van der Waals surface area contributed by atoms with Crippen molar-refractivity contribution in [3.8, 4) is 0 Å². The van der Waals surface area contributed by atoms with Crippen LogP contribution in [0.2, 0.25) is 0 Å². The molecule has 0 aliphatic carbocycles. The monoisotopic (exact) mass is 185 g/mol. The molecule has 0 saturated carbocycles. The van der Waals surface area contributed by atoms with Gasteiger partial charge in [0.1, 0.15) is 0 Å². The van der Waals surface area contributed by atoms with Crippen molar-refractivity contribution in [1.82, 2.24) is 0 Å². The zero-order valence-corrected chi connectivity index (χ0v) is 9.17. The highest BCUT2D eigenvalue weighted by molar-refractivity contribution is 4.78. The maximum atomic E-state index is 5.84. The lowest BCUT2D eigenvalue weighted by Gasteiger charge is -2.37. The number of rotatable bonds is 2. The van der Waals surface area contributed by atoms with Gasteiger partial charge in [0.05, 0.1) is 12.7 Å². The van der Waals surface area contributed by atoms with Crippen LogP contribution in [0.15, 0.2) is 0 Å². The summed E-state index contributed by atoms with van der Waals surface area (Å²) in [6.45, 7) is 10.3. The SMILES string of the molecule is C[CH]O[C@@H]1CCC[C@@H](C(C)(C)C)O1. The van der Waals surface area contributed by atoms with E-state index in [1.54, 1.807) is 6.61 Å². The normalized spacial score (nSPS) is 30.5. The molecule has 1 rings (SSSR count). The Balaban J connectivity index is 2.42. The Labute approximate surface area is 81.6 Å². The van der Waals surface area contributed by atoms with Crippen LogP contribution in [0.1, 0.15) is 47.0 Å². The van der Waals surface area contributed by atoms with E-state index >= 15 is 0 Å². The van der Waals surface area contributed by atoms with Crippen LogP contribution < -0.4 is 0 Å². The van der Waals surface area contributed by atoms with E-state index in [9.17, 15) is 0 Å². The highest BCUT2D eigenvalue weighted by atomic mass is 16.7. The predicted molar refractivity (Wildman–Crippen MR) is 53.0 cm³/mol. The fourth-order valence-corrected chi connectivity index (χ4v) is 1.68. The lowest BCUT2D eigenvalue weighted by atomic mass is 9.85. The molecule has 1 heterocycles. The molecule has 2 nitrogen and oxygen atoms in total. The first-order chi connectivity index (χ1) is 6.04. The van der Waals surface area contributed by atoms with Crippen molar-refractivity contribution < 1.29 is 9.47 Å². The third-order valence-electron chi connectivity index (χ3n) is 2.48. The summed E-state index contributed by atoms with van der Waals surface area (Å²) in [6.07, 6.45) is 3.72. The van der Waals surface area contributed by atoms with Crippen LogP contribution in [0.3, 0.4) is 0 Å². The molecule has 0 N–H and O–H groups in total. The number of ether oxygens (including phenoxy) is 2. The first-order valence-corrected chi connectivity index (χ1v) is 5.13. The minimum Gasteiger partial charge on any atom is -0.349 e. The third-order valence-corrected chi connectivity index (χ3v) is 2.48. The molecule has 0 aromatic heterocycles. The molecule has 2 heteroatoms. The van der Waals surface area contributed by atoms with Crippen molar-refractivity contribution in [2.45, 2.75) is 59.4 Å². The van der Waals surface area contributed by atoms with Gasteiger partial charge in [-0.3, -0.25) is 0 Å². The van der Waals surface area contributed by atoms with Crippen molar-refractivity contribution in [2.75, 3.05) is 0 Å². The van der Waals surface area contributed by atoms with E-state index in [1.165, 1.54) is 6.42 Å². The van der Waals surface area contributed by atoms with E-state index in [0.717, 1.165) is 12.8 Å². The van der Waals surface area contributed by atoms with Crippen LogP contribution >= 0.6 is 0 Å². The Morgan fingerprint density at radius 2 is 2.00 bits per heavy atom. The molecule has 0 unspecified atom stereocenters. The Bertz CT molecular complexity index is 147. The molecule has 0 bridgehead atoms. The zero-order valence-electron chi connectivity index (χ0n) is 9.17. The standard InChI is InChI=1S/C11H21O2/c1-5-12-10-8-6-7-9(13-10)11(2,3)4/h5,9-10H,6-8H2,1-4H3/t9-,10-/m0/s1. The van der Waals surface area contributed by atoms with Crippen molar-refractivity contribution in [3.05, 3.63) is 6.61 Å². The molecule has 0 amide bonds. The van der Waals surface area contributed by atoms with Crippen molar-refractivity contribution >= 4 is 0 Å². The summed E-state index contributed by atoms with van der Waals surface area (Å²) in [6, 6.07) is 0. The van der Waals surface area contributed by atoms with E-state index < -0.39 is 0 Å². The van der Waals surface area contributed by atoms with E-state index in [-0.39, 0.29) is 11.7 Å². The summed E-state index contributed by atoms with van der Waals surface area (Å²) in [4.78, 5) is 0. The number of hydrogen-bond donors (Lipinski definition) is 0. The van der Waals surface area contributed by atoms with Crippen molar-refractivity contribution in [1.29, 1.82) is 0 Å². The summed E-state index contributed by atoms with van der Waals surface area (Å²) in [7, 11) is 0. The maximum Gasteiger partial charge on any atom is 0.158 e. The zero-order chi connectivity index (χ0) is 9.90. The molecule has 0 aromatic carbocycles. The van der Waals surface area contributed by atoms with Gasteiger partial charge in [-0.2, -0.15) is 0 Å². The van der Waals surface area contributed by atoms with Crippen LogP contribution in [0.25, 0.3) is 0 Å². The van der Waals surface area contributed by atoms with Gasteiger partial charge >= 0.3 is 0 Å². The first kappa shape index (κ1) is 11.0. The average molecular weight is 185 g/mol. The second kappa shape index (κ2) is 4.43. The smallest absolute Gasteiger partial charge is 0.158 e. The Morgan fingerprint density at radius 3 is 2.54 bits per heavy atom. The summed E-state index contributed by atoms with van der Waals surface area (Å²) < 4.78 is 11.2. The molecule has 77 valence electrons. The van der Waals surface area contributed by atoms with Crippen LogP contribution in [-0.2, 0) is 9.47 Å². The Morgan fingerprint density at radius 1 is 1.31 bits per heavy atom. The fourth-order valence-electron chi connectivity index (χ4n) is 1.68. The molecule has 1 radical (unpaired) electrons. The molecule has 1 fully saturated rings. The molecular formula is C11H21O2. The molecule has 0 aromatic rings. The average Bonchev–Trinajstić information content (AvgIpc) is 2.04. The molecular weight excluding hydrogens is 164 g/mol. The molecule has 0 spiro atoms. The molecule has 1 saturated heterocycles. The van der Waals surface area contributed by atoms with Gasteiger partial charge in [0.25, 0.3) is 0 Å². The minimum atomic E-state index is -0.0111. The lowest BCUT2D eigenvalue weighted by molar-refractivity contribution is -0.200. The van der Waals surface area contributed by atoms with Gasteiger partial charge in [0.15, 0.2) is 6.29 Å². The largest absolute Gasteiger partial charge is 0.349 e. The first-order valence-electron chi connectivity index (χ1n) is 5.13. The van der Waals surface area contributed by atoms with E-state index in [4.69, 9.17) is 9.47 Å². The van der Waals surface area contributed by atoms with Gasteiger partial charge in [-0.15, -0.1) is 0 Å². The van der Waals surface area contributed by atoms with Crippen molar-refractivity contribution in [2.24, 2.45) is 5.41 Å². The Hall–Kier alpha value is -0.0800. The van der Waals surface area contributed by atoms with Gasteiger partial charge in [-0.1, -0.05) is 20.8 Å². The van der Waals surface area contributed by atoms with Crippen molar-refractivity contribution in [3.63, 3.8) is 0 Å². The minimum absolute atomic E-state index is 0.0111.